The molecule has 0 aromatic carbocycles. The fourth-order valence-corrected chi connectivity index (χ4v) is 1.13. The SMILES string of the molecule is Cc1nc2cc(C)[nH]c(=O)n2n1. The first-order chi connectivity index (χ1) is 5.66. The van der Waals surface area contributed by atoms with Crippen molar-refractivity contribution in [2.45, 2.75) is 13.8 Å². The summed E-state index contributed by atoms with van der Waals surface area (Å²) in [5.74, 6) is 0.603. The molecule has 0 fully saturated rings. The normalized spacial score (nSPS) is 10.8. The Balaban J connectivity index is 2.98. The molecule has 0 saturated carbocycles. The number of aromatic nitrogens is 4. The molecule has 2 aromatic heterocycles. The standard InChI is InChI=1S/C7H8N4O/c1-4-3-6-9-5(2)10-11(6)7(12)8-4/h3H,1-2H3,(H,8,12). The molecule has 5 heteroatoms. The van der Waals surface area contributed by atoms with Gasteiger partial charge in [-0.1, -0.05) is 0 Å². The van der Waals surface area contributed by atoms with Crippen LogP contribution in [0.25, 0.3) is 5.65 Å². The van der Waals surface area contributed by atoms with E-state index in [9.17, 15) is 4.79 Å². The fraction of sp³-hybridized carbons (Fsp3) is 0.286. The first-order valence-corrected chi connectivity index (χ1v) is 3.60. The maximum atomic E-state index is 11.2. The monoisotopic (exact) mass is 164 g/mol. The molecule has 2 aromatic rings. The van der Waals surface area contributed by atoms with Gasteiger partial charge in [0.2, 0.25) is 0 Å². The summed E-state index contributed by atoms with van der Waals surface area (Å²) in [5, 5.41) is 3.92. The number of aryl methyl sites for hydroxylation is 2. The average Bonchev–Trinajstić information content (AvgIpc) is 2.29. The Morgan fingerprint density at radius 2 is 2.25 bits per heavy atom. The summed E-state index contributed by atoms with van der Waals surface area (Å²) in [4.78, 5) is 17.9. The Hall–Kier alpha value is -1.65. The van der Waals surface area contributed by atoms with Gasteiger partial charge < -0.3 is 4.98 Å². The zero-order valence-corrected chi connectivity index (χ0v) is 6.83. The Morgan fingerprint density at radius 1 is 1.50 bits per heavy atom. The van der Waals surface area contributed by atoms with Crippen molar-refractivity contribution in [1.29, 1.82) is 0 Å². The molecule has 0 bridgehead atoms. The van der Waals surface area contributed by atoms with Crippen LogP contribution < -0.4 is 5.69 Å². The van der Waals surface area contributed by atoms with Crippen LogP contribution >= 0.6 is 0 Å². The van der Waals surface area contributed by atoms with Gasteiger partial charge in [-0.05, 0) is 13.8 Å². The van der Waals surface area contributed by atoms with E-state index >= 15 is 0 Å². The molecule has 0 aliphatic heterocycles. The minimum atomic E-state index is -0.245. The third-order valence-electron chi connectivity index (χ3n) is 1.58. The van der Waals surface area contributed by atoms with E-state index in [4.69, 9.17) is 0 Å². The smallest absolute Gasteiger partial charge is 0.310 e. The van der Waals surface area contributed by atoms with E-state index in [1.54, 1.807) is 13.0 Å². The highest BCUT2D eigenvalue weighted by Crippen LogP contribution is 1.97. The van der Waals surface area contributed by atoms with Crippen LogP contribution in [0.5, 0.6) is 0 Å². The summed E-state index contributed by atoms with van der Waals surface area (Å²) in [6.45, 7) is 3.56. The number of aromatic amines is 1. The zero-order chi connectivity index (χ0) is 8.72. The Morgan fingerprint density at radius 3 is 3.00 bits per heavy atom. The van der Waals surface area contributed by atoms with Crippen LogP contribution in [-0.2, 0) is 0 Å². The van der Waals surface area contributed by atoms with E-state index in [2.05, 4.69) is 15.1 Å². The molecule has 2 rings (SSSR count). The van der Waals surface area contributed by atoms with Crippen molar-refractivity contribution in [1.82, 2.24) is 19.6 Å². The van der Waals surface area contributed by atoms with Gasteiger partial charge in [0.05, 0.1) is 0 Å². The van der Waals surface area contributed by atoms with Gasteiger partial charge in [0, 0.05) is 11.8 Å². The Bertz CT molecular complexity index is 482. The summed E-state index contributed by atoms with van der Waals surface area (Å²) >= 11 is 0. The highest BCUT2D eigenvalue weighted by atomic mass is 16.1. The molecule has 2 heterocycles. The second-order valence-corrected chi connectivity index (χ2v) is 2.69. The van der Waals surface area contributed by atoms with Crippen molar-refractivity contribution < 1.29 is 0 Å². The predicted octanol–water partition coefficient (Wildman–Crippen LogP) is 0.0344. The number of hydrogen-bond donors (Lipinski definition) is 1. The largest absolute Gasteiger partial charge is 0.348 e. The molecule has 0 atom stereocenters. The Labute approximate surface area is 68.1 Å². The number of fused-ring (bicyclic) bond motifs is 1. The van der Waals surface area contributed by atoms with Gasteiger partial charge in [-0.2, -0.15) is 4.52 Å². The van der Waals surface area contributed by atoms with Gasteiger partial charge in [-0.25, -0.2) is 9.78 Å². The molecule has 1 N–H and O–H groups in total. The predicted molar refractivity (Wildman–Crippen MR) is 43.1 cm³/mol. The van der Waals surface area contributed by atoms with Gasteiger partial charge in [-0.15, -0.1) is 5.10 Å². The first kappa shape index (κ1) is 7.02. The fourth-order valence-electron chi connectivity index (χ4n) is 1.13. The number of nitrogens with zero attached hydrogens (tertiary/aromatic N) is 3. The van der Waals surface area contributed by atoms with Crippen LogP contribution in [0.2, 0.25) is 0 Å². The van der Waals surface area contributed by atoms with E-state index in [0.717, 1.165) is 5.69 Å². The van der Waals surface area contributed by atoms with Crippen LogP contribution in [0.15, 0.2) is 10.9 Å². The summed E-state index contributed by atoms with van der Waals surface area (Å²) in [5.41, 5.74) is 1.14. The summed E-state index contributed by atoms with van der Waals surface area (Å²) in [6.07, 6.45) is 0. The van der Waals surface area contributed by atoms with E-state index in [-0.39, 0.29) is 5.69 Å². The van der Waals surface area contributed by atoms with E-state index < -0.39 is 0 Å². The molecule has 0 aliphatic rings. The minimum Gasteiger partial charge on any atom is -0.310 e. The van der Waals surface area contributed by atoms with E-state index in [0.29, 0.717) is 11.5 Å². The molecule has 5 nitrogen and oxygen atoms in total. The molecule has 0 saturated heterocycles. The van der Waals surface area contributed by atoms with Gasteiger partial charge in [-0.3, -0.25) is 0 Å². The van der Waals surface area contributed by atoms with Gasteiger partial charge in [0.15, 0.2) is 5.65 Å². The minimum absolute atomic E-state index is 0.245. The van der Waals surface area contributed by atoms with Crippen molar-refractivity contribution in [3.8, 4) is 0 Å². The van der Waals surface area contributed by atoms with Crippen LogP contribution in [0.3, 0.4) is 0 Å². The van der Waals surface area contributed by atoms with Gasteiger partial charge in [0.25, 0.3) is 0 Å². The summed E-state index contributed by atoms with van der Waals surface area (Å²) < 4.78 is 1.25. The molecule has 12 heavy (non-hydrogen) atoms. The second kappa shape index (κ2) is 2.17. The van der Waals surface area contributed by atoms with E-state index in [1.165, 1.54) is 4.52 Å². The number of nitrogens with one attached hydrogen (secondary N) is 1. The molecule has 0 amide bonds. The molecular formula is C7H8N4O. The lowest BCUT2D eigenvalue weighted by molar-refractivity contribution is 0.842. The molecule has 0 spiro atoms. The van der Waals surface area contributed by atoms with Gasteiger partial charge in [0.1, 0.15) is 5.82 Å². The van der Waals surface area contributed by atoms with E-state index in [1.807, 2.05) is 6.92 Å². The first-order valence-electron chi connectivity index (χ1n) is 3.60. The van der Waals surface area contributed by atoms with Crippen molar-refractivity contribution >= 4 is 5.65 Å². The van der Waals surface area contributed by atoms with Crippen molar-refractivity contribution in [3.63, 3.8) is 0 Å². The highest BCUT2D eigenvalue weighted by Gasteiger charge is 2.01. The van der Waals surface area contributed by atoms with Gasteiger partial charge >= 0.3 is 5.69 Å². The second-order valence-electron chi connectivity index (χ2n) is 2.69. The lowest BCUT2D eigenvalue weighted by atomic mass is 10.4. The molecule has 0 unspecified atom stereocenters. The quantitative estimate of drug-likeness (QED) is 0.597. The highest BCUT2D eigenvalue weighted by molar-refractivity contribution is 5.37. The zero-order valence-electron chi connectivity index (χ0n) is 6.83. The van der Waals surface area contributed by atoms with Crippen LogP contribution in [0.1, 0.15) is 11.5 Å². The molecular weight excluding hydrogens is 156 g/mol. The van der Waals surface area contributed by atoms with Crippen molar-refractivity contribution in [3.05, 3.63) is 28.1 Å². The molecule has 62 valence electrons. The van der Waals surface area contributed by atoms with Crippen molar-refractivity contribution in [2.75, 3.05) is 0 Å². The third-order valence-corrected chi connectivity index (χ3v) is 1.58. The summed E-state index contributed by atoms with van der Waals surface area (Å²) in [6, 6.07) is 1.78. The number of hydrogen-bond acceptors (Lipinski definition) is 3. The number of H-pyrrole nitrogens is 1. The van der Waals surface area contributed by atoms with Crippen LogP contribution in [0.4, 0.5) is 0 Å². The summed E-state index contributed by atoms with van der Waals surface area (Å²) in [7, 11) is 0. The molecule has 0 aliphatic carbocycles. The lowest BCUT2D eigenvalue weighted by Gasteiger charge is -1.91. The van der Waals surface area contributed by atoms with Crippen LogP contribution in [-0.4, -0.2) is 19.6 Å². The maximum absolute atomic E-state index is 11.2. The third kappa shape index (κ3) is 0.903. The van der Waals surface area contributed by atoms with Crippen LogP contribution in [0, 0.1) is 13.8 Å². The topological polar surface area (TPSA) is 63.0 Å². The maximum Gasteiger partial charge on any atom is 0.348 e. The number of rotatable bonds is 0. The molecule has 0 radical (unpaired) electrons. The lowest BCUT2D eigenvalue weighted by Crippen LogP contribution is -2.17. The van der Waals surface area contributed by atoms with Crippen molar-refractivity contribution in [2.24, 2.45) is 0 Å². The Kier molecular flexibility index (Phi) is 1.27. The average molecular weight is 164 g/mol.